The minimum Gasteiger partial charge on any atom is -0.469 e. The van der Waals surface area contributed by atoms with Crippen LogP contribution in [-0.2, 0) is 9.53 Å². The molecule has 0 aliphatic heterocycles. The first-order valence-corrected chi connectivity index (χ1v) is 4.60. The summed E-state index contributed by atoms with van der Waals surface area (Å²) in [5, 5.41) is 0. The smallest absolute Gasteiger partial charge is 0.312 e. The monoisotopic (exact) mass is 222 g/mol. The Morgan fingerprint density at radius 1 is 1.64 bits per heavy atom. The average molecular weight is 223 g/mol. The van der Waals surface area contributed by atoms with Crippen molar-refractivity contribution in [2.75, 3.05) is 7.11 Å². The van der Waals surface area contributed by atoms with Gasteiger partial charge in [0, 0.05) is 4.83 Å². The Bertz CT molecular complexity index is 143. The molecule has 0 saturated heterocycles. The quantitative estimate of drug-likeness (QED) is 0.542. The lowest BCUT2D eigenvalue weighted by atomic mass is 9.88. The number of esters is 1. The lowest BCUT2D eigenvalue weighted by Gasteiger charge is -2.26. The lowest BCUT2D eigenvalue weighted by molar-refractivity contribution is -0.150. The zero-order chi connectivity index (χ0) is 9.07. The highest BCUT2D eigenvalue weighted by molar-refractivity contribution is 9.09. The second-order valence-electron chi connectivity index (χ2n) is 3.09. The Kier molecular flexibility index (Phi) is 4.08. The van der Waals surface area contributed by atoms with Crippen molar-refractivity contribution in [1.29, 1.82) is 0 Å². The summed E-state index contributed by atoms with van der Waals surface area (Å²) in [6.45, 7) is 5.79. The van der Waals surface area contributed by atoms with E-state index in [2.05, 4.69) is 20.7 Å². The van der Waals surface area contributed by atoms with Gasteiger partial charge in [-0.1, -0.05) is 22.9 Å². The van der Waals surface area contributed by atoms with Crippen LogP contribution < -0.4 is 0 Å². The number of hydrogen-bond donors (Lipinski definition) is 0. The van der Waals surface area contributed by atoms with Crippen LogP contribution in [0, 0.1) is 5.41 Å². The number of alkyl halides is 1. The fourth-order valence-corrected chi connectivity index (χ4v) is 1.09. The highest BCUT2D eigenvalue weighted by atomic mass is 79.9. The molecule has 3 heteroatoms. The van der Waals surface area contributed by atoms with Gasteiger partial charge in [0.2, 0.25) is 0 Å². The molecule has 0 amide bonds. The van der Waals surface area contributed by atoms with Crippen LogP contribution in [0.5, 0.6) is 0 Å². The number of carbonyl (C=O) groups is 1. The van der Waals surface area contributed by atoms with E-state index in [0.717, 1.165) is 6.42 Å². The number of hydrogen-bond acceptors (Lipinski definition) is 2. The molecule has 66 valence electrons. The largest absolute Gasteiger partial charge is 0.469 e. The van der Waals surface area contributed by atoms with Crippen LogP contribution in [-0.4, -0.2) is 17.9 Å². The zero-order valence-electron chi connectivity index (χ0n) is 7.48. The first-order valence-electron chi connectivity index (χ1n) is 3.69. The van der Waals surface area contributed by atoms with E-state index >= 15 is 0 Å². The summed E-state index contributed by atoms with van der Waals surface area (Å²) in [5.41, 5.74) is -0.427. The molecule has 0 aromatic heterocycles. The van der Waals surface area contributed by atoms with Gasteiger partial charge in [0.05, 0.1) is 12.5 Å². The summed E-state index contributed by atoms with van der Waals surface area (Å²) in [6, 6.07) is 0. The van der Waals surface area contributed by atoms with Gasteiger partial charge in [0.25, 0.3) is 0 Å². The average Bonchev–Trinajstić information content (AvgIpc) is 2.01. The molecule has 0 heterocycles. The van der Waals surface area contributed by atoms with Gasteiger partial charge < -0.3 is 4.74 Å². The molecule has 0 aliphatic rings. The standard InChI is InChI=1S/C8H15BrO2/c1-5-6(9)8(2,3)7(10)11-4/h6H,5H2,1-4H3/t6-/m0/s1. The maximum absolute atomic E-state index is 11.2. The Hall–Kier alpha value is -0.0500. The summed E-state index contributed by atoms with van der Waals surface area (Å²) in [6.07, 6.45) is 0.919. The van der Waals surface area contributed by atoms with Crippen LogP contribution in [0.4, 0.5) is 0 Å². The predicted molar refractivity (Wildman–Crippen MR) is 48.8 cm³/mol. The zero-order valence-corrected chi connectivity index (χ0v) is 9.06. The highest BCUT2D eigenvalue weighted by Crippen LogP contribution is 2.30. The van der Waals surface area contributed by atoms with Crippen molar-refractivity contribution in [2.24, 2.45) is 5.41 Å². The molecule has 0 aromatic carbocycles. The summed E-state index contributed by atoms with van der Waals surface area (Å²) >= 11 is 3.44. The van der Waals surface area contributed by atoms with Crippen LogP contribution in [0.25, 0.3) is 0 Å². The first-order chi connectivity index (χ1) is 4.96. The maximum atomic E-state index is 11.2. The molecule has 0 fully saturated rings. The number of ether oxygens (including phenoxy) is 1. The summed E-state index contributed by atoms with van der Waals surface area (Å²) in [7, 11) is 1.42. The minimum atomic E-state index is -0.427. The van der Waals surface area contributed by atoms with E-state index in [1.54, 1.807) is 0 Å². The summed E-state index contributed by atoms with van der Waals surface area (Å²) < 4.78 is 4.67. The van der Waals surface area contributed by atoms with E-state index in [-0.39, 0.29) is 10.8 Å². The normalized spacial score (nSPS) is 14.3. The highest BCUT2D eigenvalue weighted by Gasteiger charge is 2.34. The third-order valence-electron chi connectivity index (χ3n) is 1.85. The van der Waals surface area contributed by atoms with Crippen LogP contribution in [0.3, 0.4) is 0 Å². The van der Waals surface area contributed by atoms with Crippen molar-refractivity contribution in [3.8, 4) is 0 Å². The summed E-state index contributed by atoms with van der Waals surface area (Å²) in [4.78, 5) is 11.4. The molecule has 0 N–H and O–H groups in total. The van der Waals surface area contributed by atoms with Gasteiger partial charge in [-0.3, -0.25) is 4.79 Å². The van der Waals surface area contributed by atoms with E-state index < -0.39 is 5.41 Å². The molecule has 0 rings (SSSR count). The number of halogens is 1. The Morgan fingerprint density at radius 3 is 2.36 bits per heavy atom. The van der Waals surface area contributed by atoms with E-state index in [9.17, 15) is 4.79 Å². The molecule has 0 bridgehead atoms. The molecule has 2 nitrogen and oxygen atoms in total. The molecule has 0 spiro atoms. The molecule has 11 heavy (non-hydrogen) atoms. The van der Waals surface area contributed by atoms with Crippen molar-refractivity contribution in [3.05, 3.63) is 0 Å². The van der Waals surface area contributed by atoms with E-state index in [1.807, 2.05) is 20.8 Å². The maximum Gasteiger partial charge on any atom is 0.312 e. The molecule has 0 radical (unpaired) electrons. The second-order valence-corrected chi connectivity index (χ2v) is 4.19. The molecule has 0 unspecified atom stereocenters. The Labute approximate surface area is 76.4 Å². The fourth-order valence-electron chi connectivity index (χ4n) is 0.901. The molecule has 1 atom stereocenters. The van der Waals surface area contributed by atoms with Crippen molar-refractivity contribution in [2.45, 2.75) is 32.0 Å². The predicted octanol–water partition coefficient (Wildman–Crippen LogP) is 2.36. The van der Waals surface area contributed by atoms with Gasteiger partial charge >= 0.3 is 5.97 Å². The van der Waals surface area contributed by atoms with Gasteiger partial charge in [-0.2, -0.15) is 0 Å². The fraction of sp³-hybridized carbons (Fsp3) is 0.875. The third-order valence-corrected chi connectivity index (χ3v) is 3.65. The third kappa shape index (κ3) is 2.47. The molecular weight excluding hydrogens is 208 g/mol. The van der Waals surface area contributed by atoms with Gasteiger partial charge in [0.1, 0.15) is 0 Å². The molecule has 0 saturated carbocycles. The minimum absolute atomic E-state index is 0.166. The molecule has 0 aromatic rings. The first kappa shape index (κ1) is 11.0. The number of methoxy groups -OCH3 is 1. The SMILES string of the molecule is CC[C@H](Br)C(C)(C)C(=O)OC. The Morgan fingerprint density at radius 2 is 2.09 bits per heavy atom. The molecular formula is C8H15BrO2. The topological polar surface area (TPSA) is 26.3 Å². The van der Waals surface area contributed by atoms with Crippen molar-refractivity contribution >= 4 is 21.9 Å². The van der Waals surface area contributed by atoms with Gasteiger partial charge in [-0.15, -0.1) is 0 Å². The van der Waals surface area contributed by atoms with E-state index in [0.29, 0.717) is 0 Å². The van der Waals surface area contributed by atoms with E-state index in [4.69, 9.17) is 0 Å². The van der Waals surface area contributed by atoms with Gasteiger partial charge in [0.15, 0.2) is 0 Å². The van der Waals surface area contributed by atoms with Crippen LogP contribution >= 0.6 is 15.9 Å². The van der Waals surface area contributed by atoms with Crippen molar-refractivity contribution < 1.29 is 9.53 Å². The lowest BCUT2D eigenvalue weighted by Crippen LogP contribution is -2.34. The van der Waals surface area contributed by atoms with E-state index in [1.165, 1.54) is 7.11 Å². The van der Waals surface area contributed by atoms with Gasteiger partial charge in [-0.25, -0.2) is 0 Å². The van der Waals surface area contributed by atoms with Crippen molar-refractivity contribution in [3.63, 3.8) is 0 Å². The van der Waals surface area contributed by atoms with Gasteiger partial charge in [-0.05, 0) is 20.3 Å². The van der Waals surface area contributed by atoms with Crippen LogP contribution in [0.1, 0.15) is 27.2 Å². The van der Waals surface area contributed by atoms with Crippen molar-refractivity contribution in [1.82, 2.24) is 0 Å². The number of carbonyl (C=O) groups excluding carboxylic acids is 1. The number of rotatable bonds is 3. The second kappa shape index (κ2) is 4.10. The molecule has 0 aliphatic carbocycles. The van der Waals surface area contributed by atoms with Crippen LogP contribution in [0.2, 0.25) is 0 Å². The summed E-state index contributed by atoms with van der Waals surface area (Å²) in [5.74, 6) is -0.166. The Balaban J connectivity index is 4.31. The van der Waals surface area contributed by atoms with Crippen LogP contribution in [0.15, 0.2) is 0 Å².